The van der Waals surface area contributed by atoms with E-state index in [4.69, 9.17) is 5.84 Å². The summed E-state index contributed by atoms with van der Waals surface area (Å²) in [7, 11) is 0. The molecule has 0 spiro atoms. The van der Waals surface area contributed by atoms with Gasteiger partial charge >= 0.3 is 0 Å². The highest BCUT2D eigenvalue weighted by Crippen LogP contribution is 1.93. The van der Waals surface area contributed by atoms with Gasteiger partial charge in [0.25, 0.3) is 0 Å². The molecule has 0 saturated heterocycles. The van der Waals surface area contributed by atoms with Gasteiger partial charge in [-0.3, -0.25) is 5.84 Å². The number of hydrazine groups is 1. The van der Waals surface area contributed by atoms with E-state index in [2.05, 4.69) is 19.2 Å². The molecule has 0 bridgehead atoms. The van der Waals surface area contributed by atoms with Gasteiger partial charge in [-0.05, 0) is 13.3 Å². The van der Waals surface area contributed by atoms with Crippen LogP contribution in [0, 0.1) is 0 Å². The van der Waals surface area contributed by atoms with E-state index in [0.29, 0.717) is 6.04 Å². The maximum absolute atomic E-state index is 5.59. The third kappa shape index (κ3) is 6.28. The summed E-state index contributed by atoms with van der Waals surface area (Å²) in [6.07, 6.45) is 2.45. The van der Waals surface area contributed by atoms with Gasteiger partial charge in [-0.1, -0.05) is 20.3 Å². The molecule has 3 heteroatoms. The quantitative estimate of drug-likeness (QED) is 0.344. The predicted octanol–water partition coefficient (Wildman–Crippen LogP) is 0.918. The van der Waals surface area contributed by atoms with E-state index in [9.17, 15) is 0 Å². The molecule has 0 saturated carbocycles. The molecule has 0 fully saturated rings. The zero-order chi connectivity index (χ0) is 8.69. The first-order valence-electron chi connectivity index (χ1n) is 4.43. The molecular formula is C8H21N3. The Morgan fingerprint density at radius 1 is 1.45 bits per heavy atom. The van der Waals surface area contributed by atoms with E-state index in [1.807, 2.05) is 6.92 Å². The van der Waals surface area contributed by atoms with Crippen LogP contribution in [0.25, 0.3) is 0 Å². The molecule has 68 valence electrons. The zero-order valence-electron chi connectivity index (χ0n) is 7.93. The molecule has 1 unspecified atom stereocenters. The first kappa shape index (κ1) is 10.9. The predicted molar refractivity (Wildman–Crippen MR) is 48.9 cm³/mol. The highest BCUT2D eigenvalue weighted by Gasteiger charge is 1.99. The van der Waals surface area contributed by atoms with Crippen molar-refractivity contribution in [2.24, 2.45) is 5.84 Å². The van der Waals surface area contributed by atoms with Gasteiger partial charge in [-0.25, -0.2) is 5.01 Å². The van der Waals surface area contributed by atoms with Crippen LogP contribution in [-0.4, -0.2) is 24.3 Å². The lowest BCUT2D eigenvalue weighted by Crippen LogP contribution is -2.42. The lowest BCUT2D eigenvalue weighted by molar-refractivity contribution is 0.258. The van der Waals surface area contributed by atoms with Gasteiger partial charge in [0.05, 0.1) is 6.67 Å². The average molecular weight is 159 g/mol. The van der Waals surface area contributed by atoms with Crippen LogP contribution in [-0.2, 0) is 0 Å². The third-order valence-corrected chi connectivity index (χ3v) is 1.77. The summed E-state index contributed by atoms with van der Waals surface area (Å²) in [5.74, 6) is 5.59. The molecule has 1 atom stereocenters. The molecule has 0 aromatic carbocycles. The summed E-state index contributed by atoms with van der Waals surface area (Å²) < 4.78 is 0. The molecule has 0 aromatic rings. The van der Waals surface area contributed by atoms with Gasteiger partial charge in [-0.2, -0.15) is 0 Å². The summed E-state index contributed by atoms with van der Waals surface area (Å²) in [4.78, 5) is 0. The maximum Gasteiger partial charge on any atom is 0.0620 e. The fraction of sp³-hybridized carbons (Fsp3) is 1.00. The summed E-state index contributed by atoms with van der Waals surface area (Å²) in [6.45, 7) is 8.11. The van der Waals surface area contributed by atoms with Crippen molar-refractivity contribution in [1.82, 2.24) is 10.3 Å². The van der Waals surface area contributed by atoms with Gasteiger partial charge in [0.2, 0.25) is 0 Å². The molecule has 0 radical (unpaired) electrons. The van der Waals surface area contributed by atoms with Crippen molar-refractivity contribution >= 4 is 0 Å². The molecule has 3 nitrogen and oxygen atoms in total. The number of hydrogen-bond donors (Lipinski definition) is 2. The molecular weight excluding hydrogens is 138 g/mol. The van der Waals surface area contributed by atoms with Crippen LogP contribution in [0.4, 0.5) is 0 Å². The Bertz CT molecular complexity index is 85.4. The van der Waals surface area contributed by atoms with E-state index in [1.54, 1.807) is 5.01 Å². The Labute approximate surface area is 69.9 Å². The standard InChI is InChI=1S/C8H21N3/c1-4-6-8(3)10-7-11(9)5-2/h8,10H,4-7,9H2,1-3H3. The van der Waals surface area contributed by atoms with Gasteiger partial charge in [0.15, 0.2) is 0 Å². The average Bonchev–Trinajstić information content (AvgIpc) is 2.01. The second-order valence-electron chi connectivity index (χ2n) is 2.96. The third-order valence-electron chi connectivity index (χ3n) is 1.77. The summed E-state index contributed by atoms with van der Waals surface area (Å²) >= 11 is 0. The Morgan fingerprint density at radius 3 is 2.55 bits per heavy atom. The van der Waals surface area contributed by atoms with Gasteiger partial charge < -0.3 is 5.32 Å². The van der Waals surface area contributed by atoms with Crippen molar-refractivity contribution in [3.05, 3.63) is 0 Å². The van der Waals surface area contributed by atoms with Crippen LogP contribution in [0.5, 0.6) is 0 Å². The maximum atomic E-state index is 5.59. The minimum atomic E-state index is 0.581. The van der Waals surface area contributed by atoms with Crippen LogP contribution in [0.15, 0.2) is 0 Å². The van der Waals surface area contributed by atoms with Gasteiger partial charge in [0.1, 0.15) is 0 Å². The zero-order valence-corrected chi connectivity index (χ0v) is 7.93. The van der Waals surface area contributed by atoms with Crippen molar-refractivity contribution in [2.45, 2.75) is 39.7 Å². The Hall–Kier alpha value is -0.120. The summed E-state index contributed by atoms with van der Waals surface area (Å²) in [5.41, 5.74) is 0. The fourth-order valence-electron chi connectivity index (χ4n) is 0.920. The minimum absolute atomic E-state index is 0.581. The number of nitrogens with two attached hydrogens (primary N) is 1. The molecule has 0 aromatic heterocycles. The largest absolute Gasteiger partial charge is 0.301 e. The van der Waals surface area contributed by atoms with E-state index in [-0.39, 0.29) is 0 Å². The van der Waals surface area contributed by atoms with Crippen molar-refractivity contribution in [3.8, 4) is 0 Å². The fourth-order valence-corrected chi connectivity index (χ4v) is 0.920. The van der Waals surface area contributed by atoms with E-state index < -0.39 is 0 Å². The molecule has 0 rings (SSSR count). The van der Waals surface area contributed by atoms with Crippen molar-refractivity contribution < 1.29 is 0 Å². The normalized spacial score (nSPS) is 13.9. The lowest BCUT2D eigenvalue weighted by Gasteiger charge is -2.18. The molecule has 0 aliphatic carbocycles. The highest BCUT2D eigenvalue weighted by molar-refractivity contribution is 4.57. The monoisotopic (exact) mass is 159 g/mol. The Morgan fingerprint density at radius 2 is 2.09 bits per heavy atom. The molecule has 0 aliphatic heterocycles. The Balaban J connectivity index is 3.22. The van der Waals surface area contributed by atoms with Crippen molar-refractivity contribution in [2.75, 3.05) is 13.2 Å². The van der Waals surface area contributed by atoms with E-state index in [0.717, 1.165) is 13.2 Å². The second kappa shape index (κ2) is 6.58. The Kier molecular flexibility index (Phi) is 6.51. The lowest BCUT2D eigenvalue weighted by atomic mass is 10.2. The van der Waals surface area contributed by atoms with E-state index >= 15 is 0 Å². The van der Waals surface area contributed by atoms with E-state index in [1.165, 1.54) is 12.8 Å². The van der Waals surface area contributed by atoms with Crippen molar-refractivity contribution in [1.29, 1.82) is 0 Å². The van der Waals surface area contributed by atoms with Crippen LogP contribution in [0.2, 0.25) is 0 Å². The molecule has 11 heavy (non-hydrogen) atoms. The number of nitrogens with one attached hydrogen (secondary N) is 1. The molecule has 3 N–H and O–H groups in total. The van der Waals surface area contributed by atoms with Crippen LogP contribution < -0.4 is 11.2 Å². The molecule has 0 heterocycles. The van der Waals surface area contributed by atoms with Gasteiger partial charge in [-0.15, -0.1) is 0 Å². The number of rotatable bonds is 6. The smallest absolute Gasteiger partial charge is 0.0620 e. The van der Waals surface area contributed by atoms with Gasteiger partial charge in [0, 0.05) is 12.6 Å². The van der Waals surface area contributed by atoms with Crippen molar-refractivity contribution in [3.63, 3.8) is 0 Å². The van der Waals surface area contributed by atoms with Crippen LogP contribution >= 0.6 is 0 Å². The highest BCUT2D eigenvalue weighted by atomic mass is 15.4. The first-order valence-corrected chi connectivity index (χ1v) is 4.43. The topological polar surface area (TPSA) is 41.3 Å². The first-order chi connectivity index (χ1) is 5.20. The van der Waals surface area contributed by atoms with Crippen LogP contribution in [0.1, 0.15) is 33.6 Å². The number of nitrogens with zero attached hydrogens (tertiary/aromatic N) is 1. The number of hydrogen-bond acceptors (Lipinski definition) is 3. The SMILES string of the molecule is CCCC(C)NCN(N)CC. The second-order valence-corrected chi connectivity index (χ2v) is 2.96. The molecule has 0 aliphatic rings. The minimum Gasteiger partial charge on any atom is -0.301 e. The summed E-state index contributed by atoms with van der Waals surface area (Å²) in [6, 6.07) is 0.581. The molecule has 0 amide bonds. The summed E-state index contributed by atoms with van der Waals surface area (Å²) in [5, 5.41) is 5.11. The van der Waals surface area contributed by atoms with Crippen LogP contribution in [0.3, 0.4) is 0 Å².